The van der Waals surface area contributed by atoms with E-state index in [2.05, 4.69) is 5.32 Å². The lowest BCUT2D eigenvalue weighted by Crippen LogP contribution is -2.26. The van der Waals surface area contributed by atoms with Gasteiger partial charge in [0.05, 0.1) is 6.04 Å². The lowest BCUT2D eigenvalue weighted by Gasteiger charge is -2.14. The molecule has 0 heterocycles. The summed E-state index contributed by atoms with van der Waals surface area (Å²) in [6.45, 7) is 1.83. The van der Waals surface area contributed by atoms with E-state index in [1.807, 2.05) is 6.92 Å². The minimum Gasteiger partial charge on any atom is -0.350 e. The molecule has 0 aliphatic heterocycles. The summed E-state index contributed by atoms with van der Waals surface area (Å²) >= 11 is 0. The minimum absolute atomic E-state index is 0.157. The monoisotopic (exact) mass is 289 g/mol. The molecule has 21 heavy (non-hydrogen) atoms. The van der Waals surface area contributed by atoms with Crippen molar-refractivity contribution in [3.63, 3.8) is 0 Å². The molecule has 0 aromatic heterocycles. The molecule has 110 valence electrons. The maximum atomic E-state index is 13.4. The summed E-state index contributed by atoms with van der Waals surface area (Å²) in [5, 5.41) is 2.82. The number of amides is 1. The molecule has 0 bridgehead atoms. The second kappa shape index (κ2) is 6.97. The predicted octanol–water partition coefficient (Wildman–Crippen LogP) is 3.77. The van der Waals surface area contributed by atoms with Crippen molar-refractivity contribution in [1.82, 2.24) is 5.32 Å². The molecule has 1 atom stereocenters. The van der Waals surface area contributed by atoms with Gasteiger partial charge in [0, 0.05) is 6.42 Å². The maximum absolute atomic E-state index is 13.4. The molecule has 0 aliphatic rings. The molecule has 0 saturated heterocycles. The SMILES string of the molecule is C[C@H](NC(=O)CCc1ccccc1F)c1ccc(F)cc1. The van der Waals surface area contributed by atoms with E-state index in [1.165, 1.54) is 18.2 Å². The van der Waals surface area contributed by atoms with Gasteiger partial charge in [0.25, 0.3) is 0 Å². The third kappa shape index (κ3) is 4.38. The van der Waals surface area contributed by atoms with Crippen molar-refractivity contribution in [3.05, 3.63) is 71.3 Å². The van der Waals surface area contributed by atoms with Gasteiger partial charge in [-0.25, -0.2) is 8.78 Å². The van der Waals surface area contributed by atoms with Crippen molar-refractivity contribution >= 4 is 5.91 Å². The number of halogens is 2. The summed E-state index contributed by atoms with van der Waals surface area (Å²) in [6, 6.07) is 12.2. The van der Waals surface area contributed by atoms with Gasteiger partial charge in [-0.2, -0.15) is 0 Å². The Hall–Kier alpha value is -2.23. The van der Waals surface area contributed by atoms with Crippen LogP contribution < -0.4 is 5.32 Å². The standard InChI is InChI=1S/C17H17F2NO/c1-12(13-6-9-15(18)10-7-13)20-17(21)11-8-14-4-2-3-5-16(14)19/h2-7,9-10,12H,8,11H2,1H3,(H,20,21)/t12-/m0/s1. The van der Waals surface area contributed by atoms with Crippen molar-refractivity contribution in [3.8, 4) is 0 Å². The highest BCUT2D eigenvalue weighted by molar-refractivity contribution is 5.76. The molecule has 0 spiro atoms. The quantitative estimate of drug-likeness (QED) is 0.892. The minimum atomic E-state index is -0.308. The second-order valence-corrected chi connectivity index (χ2v) is 4.93. The van der Waals surface area contributed by atoms with Crippen molar-refractivity contribution in [2.24, 2.45) is 0 Å². The number of nitrogens with one attached hydrogen (secondary N) is 1. The zero-order chi connectivity index (χ0) is 15.2. The van der Waals surface area contributed by atoms with Crippen LogP contribution in [0.4, 0.5) is 8.78 Å². The van der Waals surface area contributed by atoms with E-state index >= 15 is 0 Å². The number of rotatable bonds is 5. The first-order valence-corrected chi connectivity index (χ1v) is 6.84. The van der Waals surface area contributed by atoms with Crippen molar-refractivity contribution in [2.45, 2.75) is 25.8 Å². The fraction of sp³-hybridized carbons (Fsp3) is 0.235. The van der Waals surface area contributed by atoms with Gasteiger partial charge in [-0.05, 0) is 42.7 Å². The third-order valence-electron chi connectivity index (χ3n) is 3.33. The van der Waals surface area contributed by atoms with E-state index in [0.717, 1.165) is 5.56 Å². The zero-order valence-electron chi connectivity index (χ0n) is 11.8. The Morgan fingerprint density at radius 3 is 2.43 bits per heavy atom. The van der Waals surface area contributed by atoms with E-state index < -0.39 is 0 Å². The van der Waals surface area contributed by atoms with Gasteiger partial charge in [0.1, 0.15) is 11.6 Å². The molecule has 2 aromatic rings. The molecule has 1 N–H and O–H groups in total. The van der Waals surface area contributed by atoms with Gasteiger partial charge in [0.2, 0.25) is 5.91 Å². The Labute approximate surface area is 122 Å². The van der Waals surface area contributed by atoms with Gasteiger partial charge in [-0.15, -0.1) is 0 Å². The van der Waals surface area contributed by atoms with Crippen molar-refractivity contribution in [1.29, 1.82) is 0 Å². The molecule has 0 saturated carbocycles. The third-order valence-corrected chi connectivity index (χ3v) is 3.33. The molecular weight excluding hydrogens is 272 g/mol. The molecule has 0 radical (unpaired) electrons. The number of aryl methyl sites for hydroxylation is 1. The number of benzene rings is 2. The van der Waals surface area contributed by atoms with Crippen LogP contribution in [0.3, 0.4) is 0 Å². The summed E-state index contributed by atoms with van der Waals surface area (Å²) in [6.07, 6.45) is 0.571. The molecule has 2 aromatic carbocycles. The van der Waals surface area contributed by atoms with Gasteiger partial charge >= 0.3 is 0 Å². The highest BCUT2D eigenvalue weighted by Crippen LogP contribution is 2.14. The predicted molar refractivity (Wildman–Crippen MR) is 77.7 cm³/mol. The number of hydrogen-bond acceptors (Lipinski definition) is 1. The largest absolute Gasteiger partial charge is 0.350 e. The van der Waals surface area contributed by atoms with Crippen molar-refractivity contribution in [2.75, 3.05) is 0 Å². The fourth-order valence-electron chi connectivity index (χ4n) is 2.10. The summed E-state index contributed by atoms with van der Waals surface area (Å²) in [4.78, 5) is 11.9. The van der Waals surface area contributed by atoms with E-state index in [0.29, 0.717) is 12.0 Å². The highest BCUT2D eigenvalue weighted by atomic mass is 19.1. The Morgan fingerprint density at radius 1 is 1.10 bits per heavy atom. The lowest BCUT2D eigenvalue weighted by molar-refractivity contribution is -0.121. The normalized spacial score (nSPS) is 12.0. The Kier molecular flexibility index (Phi) is 5.04. The maximum Gasteiger partial charge on any atom is 0.220 e. The second-order valence-electron chi connectivity index (χ2n) is 4.93. The van der Waals surface area contributed by atoms with Gasteiger partial charge in [-0.1, -0.05) is 30.3 Å². The topological polar surface area (TPSA) is 29.1 Å². The van der Waals surface area contributed by atoms with E-state index in [1.54, 1.807) is 30.3 Å². The Bertz CT molecular complexity index is 610. The summed E-state index contributed by atoms with van der Waals surface area (Å²) in [7, 11) is 0. The van der Waals surface area contributed by atoms with E-state index in [-0.39, 0.29) is 30.0 Å². The number of carbonyl (C=O) groups excluding carboxylic acids is 1. The number of carbonyl (C=O) groups is 1. The van der Waals surface area contributed by atoms with Crippen LogP contribution >= 0.6 is 0 Å². The average Bonchev–Trinajstić information content (AvgIpc) is 2.47. The fourth-order valence-corrected chi connectivity index (χ4v) is 2.10. The zero-order valence-corrected chi connectivity index (χ0v) is 11.8. The molecule has 2 rings (SSSR count). The Balaban J connectivity index is 1.87. The van der Waals surface area contributed by atoms with Crippen LogP contribution in [0.2, 0.25) is 0 Å². The molecule has 2 nitrogen and oxygen atoms in total. The molecular formula is C17H17F2NO. The van der Waals surface area contributed by atoms with Crippen LogP contribution in [0, 0.1) is 11.6 Å². The first kappa shape index (κ1) is 15.2. The number of hydrogen-bond donors (Lipinski definition) is 1. The Morgan fingerprint density at radius 2 is 1.76 bits per heavy atom. The first-order valence-electron chi connectivity index (χ1n) is 6.84. The summed E-state index contributed by atoms with van der Waals surface area (Å²) in [5.41, 5.74) is 1.36. The van der Waals surface area contributed by atoms with Crippen LogP contribution in [-0.4, -0.2) is 5.91 Å². The van der Waals surface area contributed by atoms with E-state index in [4.69, 9.17) is 0 Å². The average molecular weight is 289 g/mol. The summed E-state index contributed by atoms with van der Waals surface area (Å²) in [5.74, 6) is -0.760. The molecule has 4 heteroatoms. The lowest BCUT2D eigenvalue weighted by atomic mass is 10.1. The molecule has 0 aliphatic carbocycles. The van der Waals surface area contributed by atoms with Gasteiger partial charge in [-0.3, -0.25) is 4.79 Å². The van der Waals surface area contributed by atoms with Crippen molar-refractivity contribution < 1.29 is 13.6 Å². The first-order chi connectivity index (χ1) is 10.1. The van der Waals surface area contributed by atoms with Crippen LogP contribution in [0.1, 0.15) is 30.5 Å². The van der Waals surface area contributed by atoms with Crippen LogP contribution in [-0.2, 0) is 11.2 Å². The van der Waals surface area contributed by atoms with Crippen LogP contribution in [0.15, 0.2) is 48.5 Å². The highest BCUT2D eigenvalue weighted by Gasteiger charge is 2.10. The summed E-state index contributed by atoms with van der Waals surface area (Å²) < 4.78 is 26.3. The van der Waals surface area contributed by atoms with Crippen LogP contribution in [0.25, 0.3) is 0 Å². The van der Waals surface area contributed by atoms with E-state index in [9.17, 15) is 13.6 Å². The molecule has 1 amide bonds. The molecule has 0 unspecified atom stereocenters. The van der Waals surface area contributed by atoms with Gasteiger partial charge in [0.15, 0.2) is 0 Å². The molecule has 0 fully saturated rings. The smallest absolute Gasteiger partial charge is 0.220 e. The van der Waals surface area contributed by atoms with Gasteiger partial charge < -0.3 is 5.32 Å². The van der Waals surface area contributed by atoms with Crippen LogP contribution in [0.5, 0.6) is 0 Å².